The minimum absolute atomic E-state index is 0.631. The molecule has 0 spiro atoms. The van der Waals surface area contributed by atoms with E-state index in [0.29, 0.717) is 5.92 Å². The van der Waals surface area contributed by atoms with Gasteiger partial charge < -0.3 is 4.90 Å². The molecule has 2 heterocycles. The van der Waals surface area contributed by atoms with E-state index in [1.54, 1.807) is 0 Å². The predicted octanol–water partition coefficient (Wildman–Crippen LogP) is 2.78. The molecule has 2 saturated heterocycles. The van der Waals surface area contributed by atoms with E-state index in [4.69, 9.17) is 0 Å². The van der Waals surface area contributed by atoms with Crippen molar-refractivity contribution < 1.29 is 0 Å². The maximum Gasteiger partial charge on any atom is 0.0291 e. The molecule has 2 bridgehead atoms. The van der Waals surface area contributed by atoms with Crippen molar-refractivity contribution in [3.05, 3.63) is 12.3 Å². The lowest BCUT2D eigenvalue weighted by Crippen LogP contribution is -2.29. The molecule has 0 aromatic carbocycles. The highest BCUT2D eigenvalue weighted by atomic mass is 15.2. The summed E-state index contributed by atoms with van der Waals surface area (Å²) in [7, 11) is 0. The first-order valence-electron chi connectivity index (χ1n) is 5.17. The lowest BCUT2D eigenvalue weighted by Gasteiger charge is -2.29. The van der Waals surface area contributed by atoms with Gasteiger partial charge in [-0.3, -0.25) is 0 Å². The molecule has 2 aliphatic rings. The van der Waals surface area contributed by atoms with Crippen LogP contribution in [0.1, 0.15) is 39.5 Å². The second-order valence-corrected chi connectivity index (χ2v) is 4.52. The first-order valence-corrected chi connectivity index (χ1v) is 5.17. The molecular weight excluding hydrogens is 146 g/mol. The zero-order chi connectivity index (χ0) is 8.72. The smallest absolute Gasteiger partial charge is 0.0291 e. The number of hydrogen-bond donors (Lipinski definition) is 0. The highest BCUT2D eigenvalue weighted by Gasteiger charge is 2.39. The SMILES string of the molecule is C=C(C(C)C)N1C2CCC1CC2. The molecule has 68 valence electrons. The Morgan fingerprint density at radius 2 is 1.58 bits per heavy atom. The molecule has 2 fully saturated rings. The Bertz CT molecular complexity index is 175. The summed E-state index contributed by atoms with van der Waals surface area (Å²) in [6.45, 7) is 8.70. The fourth-order valence-corrected chi connectivity index (χ4v) is 2.68. The summed E-state index contributed by atoms with van der Waals surface area (Å²) in [6.07, 6.45) is 5.65. The first-order chi connectivity index (χ1) is 5.70. The van der Waals surface area contributed by atoms with Gasteiger partial charge in [-0.2, -0.15) is 0 Å². The quantitative estimate of drug-likeness (QED) is 0.608. The van der Waals surface area contributed by atoms with Crippen LogP contribution in [0.2, 0.25) is 0 Å². The van der Waals surface area contributed by atoms with Crippen molar-refractivity contribution in [1.29, 1.82) is 0 Å². The lowest BCUT2D eigenvalue weighted by atomic mass is 10.0. The van der Waals surface area contributed by atoms with Gasteiger partial charge in [0.15, 0.2) is 0 Å². The van der Waals surface area contributed by atoms with E-state index in [9.17, 15) is 0 Å². The summed E-state index contributed by atoms with van der Waals surface area (Å²) < 4.78 is 0. The number of nitrogens with zero attached hydrogens (tertiary/aromatic N) is 1. The van der Waals surface area contributed by atoms with Crippen molar-refractivity contribution in [2.24, 2.45) is 5.92 Å². The van der Waals surface area contributed by atoms with Gasteiger partial charge in [0.2, 0.25) is 0 Å². The average Bonchev–Trinajstić information content (AvgIpc) is 2.61. The fourth-order valence-electron chi connectivity index (χ4n) is 2.68. The molecule has 1 heteroatoms. The second kappa shape index (κ2) is 2.79. The number of hydrogen-bond acceptors (Lipinski definition) is 1. The van der Waals surface area contributed by atoms with Crippen LogP contribution in [0, 0.1) is 5.92 Å². The van der Waals surface area contributed by atoms with E-state index >= 15 is 0 Å². The van der Waals surface area contributed by atoms with Gasteiger partial charge in [0.25, 0.3) is 0 Å². The third-order valence-electron chi connectivity index (χ3n) is 3.45. The molecule has 2 rings (SSSR count). The van der Waals surface area contributed by atoms with Crippen molar-refractivity contribution in [2.45, 2.75) is 51.6 Å². The van der Waals surface area contributed by atoms with Crippen molar-refractivity contribution in [1.82, 2.24) is 4.90 Å². The van der Waals surface area contributed by atoms with Gasteiger partial charge in [-0.1, -0.05) is 20.4 Å². The van der Waals surface area contributed by atoms with Crippen molar-refractivity contribution in [2.75, 3.05) is 0 Å². The minimum Gasteiger partial charge on any atom is -0.369 e. The highest BCUT2D eigenvalue weighted by molar-refractivity contribution is 5.09. The molecular formula is C11H19N. The molecule has 2 aliphatic heterocycles. The number of allylic oxidation sites excluding steroid dienone is 1. The van der Waals surface area contributed by atoms with Crippen molar-refractivity contribution in [3.63, 3.8) is 0 Å². The summed E-state index contributed by atoms with van der Waals surface area (Å²) in [6, 6.07) is 1.70. The van der Waals surface area contributed by atoms with Gasteiger partial charge in [-0.15, -0.1) is 0 Å². The van der Waals surface area contributed by atoms with Crippen LogP contribution < -0.4 is 0 Å². The molecule has 0 unspecified atom stereocenters. The van der Waals surface area contributed by atoms with Crippen LogP contribution in [-0.2, 0) is 0 Å². The largest absolute Gasteiger partial charge is 0.369 e. The Labute approximate surface area is 75.4 Å². The van der Waals surface area contributed by atoms with Gasteiger partial charge >= 0.3 is 0 Å². The first kappa shape index (κ1) is 8.15. The standard InChI is InChI=1S/C11H19N/c1-8(2)9(3)12-10-4-5-11(12)7-6-10/h8,10-11H,3-7H2,1-2H3. The molecule has 12 heavy (non-hydrogen) atoms. The van der Waals surface area contributed by atoms with Gasteiger partial charge in [0, 0.05) is 17.8 Å². The monoisotopic (exact) mass is 165 g/mol. The predicted molar refractivity (Wildman–Crippen MR) is 51.9 cm³/mol. The molecule has 0 saturated carbocycles. The maximum absolute atomic E-state index is 4.20. The van der Waals surface area contributed by atoms with Gasteiger partial charge in [-0.25, -0.2) is 0 Å². The van der Waals surface area contributed by atoms with E-state index in [1.165, 1.54) is 31.4 Å². The lowest BCUT2D eigenvalue weighted by molar-refractivity contribution is 0.294. The average molecular weight is 165 g/mol. The van der Waals surface area contributed by atoms with Crippen LogP contribution in [0.15, 0.2) is 12.3 Å². The normalized spacial score (nSPS) is 33.4. The van der Waals surface area contributed by atoms with Gasteiger partial charge in [-0.05, 0) is 31.6 Å². The number of rotatable bonds is 2. The summed E-state index contributed by atoms with van der Waals surface area (Å²) in [5, 5.41) is 0. The van der Waals surface area contributed by atoms with Crippen LogP contribution in [0.4, 0.5) is 0 Å². The number of fused-ring (bicyclic) bond motifs is 2. The highest BCUT2D eigenvalue weighted by Crippen LogP contribution is 2.41. The van der Waals surface area contributed by atoms with Crippen LogP contribution in [0.3, 0.4) is 0 Å². The van der Waals surface area contributed by atoms with Gasteiger partial charge in [0.05, 0.1) is 0 Å². The Balaban J connectivity index is 2.09. The summed E-state index contributed by atoms with van der Waals surface area (Å²) in [5.41, 5.74) is 1.38. The summed E-state index contributed by atoms with van der Waals surface area (Å²) >= 11 is 0. The Morgan fingerprint density at radius 3 is 1.92 bits per heavy atom. The van der Waals surface area contributed by atoms with Crippen molar-refractivity contribution in [3.8, 4) is 0 Å². The Morgan fingerprint density at radius 1 is 1.17 bits per heavy atom. The third kappa shape index (κ3) is 1.07. The van der Waals surface area contributed by atoms with Crippen molar-refractivity contribution >= 4 is 0 Å². The molecule has 0 N–H and O–H groups in total. The van der Waals surface area contributed by atoms with E-state index in [-0.39, 0.29) is 0 Å². The van der Waals surface area contributed by atoms with Gasteiger partial charge in [0.1, 0.15) is 0 Å². The topological polar surface area (TPSA) is 3.24 Å². The molecule has 1 nitrogen and oxygen atoms in total. The molecule has 0 atom stereocenters. The molecule has 0 amide bonds. The zero-order valence-corrected chi connectivity index (χ0v) is 8.21. The second-order valence-electron chi connectivity index (χ2n) is 4.52. The van der Waals surface area contributed by atoms with E-state index in [1.807, 2.05) is 0 Å². The van der Waals surface area contributed by atoms with Crippen LogP contribution in [-0.4, -0.2) is 17.0 Å². The Hall–Kier alpha value is -0.460. The van der Waals surface area contributed by atoms with E-state index in [0.717, 1.165) is 12.1 Å². The molecule has 0 aromatic rings. The maximum atomic E-state index is 4.20. The third-order valence-corrected chi connectivity index (χ3v) is 3.45. The summed E-state index contributed by atoms with van der Waals surface area (Å²) in [5.74, 6) is 0.631. The zero-order valence-electron chi connectivity index (χ0n) is 8.21. The van der Waals surface area contributed by atoms with E-state index in [2.05, 4.69) is 25.3 Å². The summed E-state index contributed by atoms with van der Waals surface area (Å²) in [4.78, 5) is 2.60. The molecule has 0 aromatic heterocycles. The van der Waals surface area contributed by atoms with Crippen LogP contribution in [0.5, 0.6) is 0 Å². The molecule has 0 radical (unpaired) electrons. The van der Waals surface area contributed by atoms with Crippen LogP contribution in [0.25, 0.3) is 0 Å². The minimum atomic E-state index is 0.631. The Kier molecular flexibility index (Phi) is 1.90. The fraction of sp³-hybridized carbons (Fsp3) is 0.818. The van der Waals surface area contributed by atoms with Crippen LogP contribution >= 0.6 is 0 Å². The van der Waals surface area contributed by atoms with E-state index < -0.39 is 0 Å². The molecule has 0 aliphatic carbocycles.